The lowest BCUT2D eigenvalue weighted by atomic mass is 10.2. The minimum atomic E-state index is -0.223. The third-order valence-corrected chi connectivity index (χ3v) is 4.48. The van der Waals surface area contributed by atoms with Gasteiger partial charge < -0.3 is 0 Å². The molecule has 3 rings (SSSR count). The molecule has 3 aromatic rings. The van der Waals surface area contributed by atoms with E-state index in [9.17, 15) is 4.39 Å². The van der Waals surface area contributed by atoms with Crippen molar-refractivity contribution in [2.24, 2.45) is 0 Å². The fourth-order valence-electron chi connectivity index (χ4n) is 2.85. The van der Waals surface area contributed by atoms with Crippen LogP contribution in [-0.4, -0.2) is 31.3 Å². The smallest absolute Gasteiger partial charge is 0.199 e. The molecule has 0 radical (unpaired) electrons. The van der Waals surface area contributed by atoms with Crippen molar-refractivity contribution in [3.8, 4) is 11.4 Å². The van der Waals surface area contributed by atoms with E-state index in [1.165, 1.54) is 12.1 Å². The van der Waals surface area contributed by atoms with Crippen LogP contribution in [0.25, 0.3) is 11.4 Å². The molecule has 2 aromatic heterocycles. The molecule has 136 valence electrons. The number of nitrogens with zero attached hydrogens (tertiary/aromatic N) is 5. The van der Waals surface area contributed by atoms with Gasteiger partial charge in [-0.25, -0.2) is 9.07 Å². The summed E-state index contributed by atoms with van der Waals surface area (Å²) in [7, 11) is 2.00. The van der Waals surface area contributed by atoms with E-state index in [0.29, 0.717) is 18.0 Å². The van der Waals surface area contributed by atoms with Crippen LogP contribution in [0.1, 0.15) is 18.9 Å². The van der Waals surface area contributed by atoms with Gasteiger partial charge in [-0.05, 0) is 55.5 Å². The average molecular weight is 371 g/mol. The van der Waals surface area contributed by atoms with Crippen LogP contribution in [0.15, 0.2) is 48.8 Å². The monoisotopic (exact) mass is 371 g/mol. The number of aromatic nitrogens is 4. The van der Waals surface area contributed by atoms with Crippen LogP contribution in [0.5, 0.6) is 0 Å². The average Bonchev–Trinajstić information content (AvgIpc) is 2.94. The Morgan fingerprint density at radius 3 is 2.46 bits per heavy atom. The lowest BCUT2D eigenvalue weighted by molar-refractivity contribution is 0.243. The van der Waals surface area contributed by atoms with Crippen LogP contribution in [0.4, 0.5) is 4.39 Å². The summed E-state index contributed by atoms with van der Waals surface area (Å²) in [6.07, 6.45) is 4.49. The van der Waals surface area contributed by atoms with Gasteiger partial charge in [0.15, 0.2) is 10.6 Å². The molecular weight excluding hydrogens is 349 g/mol. The van der Waals surface area contributed by atoms with Crippen molar-refractivity contribution in [1.29, 1.82) is 0 Å². The van der Waals surface area contributed by atoms with Gasteiger partial charge in [-0.15, -0.1) is 0 Å². The second kappa shape index (κ2) is 8.33. The van der Waals surface area contributed by atoms with Gasteiger partial charge in [0.25, 0.3) is 0 Å². The SMILES string of the molecule is CCCn1c(-c2ccncc2)nn(CN(C)Cc2ccc(F)cc2)c1=S. The molecule has 0 aliphatic heterocycles. The summed E-state index contributed by atoms with van der Waals surface area (Å²) in [6.45, 7) is 4.19. The van der Waals surface area contributed by atoms with Gasteiger partial charge in [-0.1, -0.05) is 19.1 Å². The van der Waals surface area contributed by atoms with Gasteiger partial charge >= 0.3 is 0 Å². The van der Waals surface area contributed by atoms with Crippen molar-refractivity contribution in [3.63, 3.8) is 0 Å². The molecule has 5 nitrogen and oxygen atoms in total. The van der Waals surface area contributed by atoms with E-state index in [-0.39, 0.29) is 5.82 Å². The Morgan fingerprint density at radius 1 is 1.12 bits per heavy atom. The lowest BCUT2D eigenvalue weighted by Crippen LogP contribution is -2.22. The van der Waals surface area contributed by atoms with E-state index in [1.807, 2.05) is 23.9 Å². The number of benzene rings is 1. The highest BCUT2D eigenvalue weighted by molar-refractivity contribution is 7.71. The van der Waals surface area contributed by atoms with Gasteiger partial charge in [0, 0.05) is 31.0 Å². The summed E-state index contributed by atoms with van der Waals surface area (Å²) in [5.41, 5.74) is 2.04. The Kier molecular flexibility index (Phi) is 5.90. The van der Waals surface area contributed by atoms with Crippen LogP contribution in [-0.2, 0) is 19.8 Å². The zero-order valence-corrected chi connectivity index (χ0v) is 15.8. The molecule has 0 spiro atoms. The largest absolute Gasteiger partial charge is 0.300 e. The Bertz CT molecular complexity index is 902. The summed E-state index contributed by atoms with van der Waals surface area (Å²) in [6, 6.07) is 10.4. The first kappa shape index (κ1) is 18.4. The normalized spacial score (nSPS) is 11.2. The van der Waals surface area contributed by atoms with Crippen LogP contribution < -0.4 is 0 Å². The van der Waals surface area contributed by atoms with Crippen molar-refractivity contribution in [1.82, 2.24) is 24.2 Å². The molecule has 7 heteroatoms. The molecule has 0 amide bonds. The summed E-state index contributed by atoms with van der Waals surface area (Å²) in [5, 5.41) is 4.74. The quantitative estimate of drug-likeness (QED) is 0.586. The fourth-order valence-corrected chi connectivity index (χ4v) is 3.13. The summed E-state index contributed by atoms with van der Waals surface area (Å²) in [4.78, 5) is 6.17. The molecule has 0 bridgehead atoms. The highest BCUT2D eigenvalue weighted by Crippen LogP contribution is 2.18. The zero-order valence-electron chi connectivity index (χ0n) is 15.0. The minimum absolute atomic E-state index is 0.223. The van der Waals surface area contributed by atoms with Crippen molar-refractivity contribution < 1.29 is 4.39 Å². The van der Waals surface area contributed by atoms with E-state index >= 15 is 0 Å². The van der Waals surface area contributed by atoms with Gasteiger partial charge in [0.1, 0.15) is 5.82 Å². The molecule has 0 saturated carbocycles. The molecule has 0 fully saturated rings. The van der Waals surface area contributed by atoms with E-state index in [4.69, 9.17) is 17.3 Å². The summed E-state index contributed by atoms with van der Waals surface area (Å²) < 4.78 is 17.7. The maximum absolute atomic E-state index is 13.1. The van der Waals surface area contributed by atoms with E-state index in [2.05, 4.69) is 21.4 Å². The third kappa shape index (κ3) is 4.23. The van der Waals surface area contributed by atoms with E-state index in [0.717, 1.165) is 29.9 Å². The third-order valence-electron chi connectivity index (χ3n) is 4.05. The molecule has 0 saturated heterocycles. The summed E-state index contributed by atoms with van der Waals surface area (Å²) in [5.74, 6) is 0.633. The zero-order chi connectivity index (χ0) is 18.5. The Labute approximate surface area is 157 Å². The lowest BCUT2D eigenvalue weighted by Gasteiger charge is -2.16. The number of halogens is 1. The Balaban J connectivity index is 1.83. The highest BCUT2D eigenvalue weighted by Gasteiger charge is 2.13. The van der Waals surface area contributed by atoms with Crippen LogP contribution in [0.2, 0.25) is 0 Å². The van der Waals surface area contributed by atoms with Crippen molar-refractivity contribution >= 4 is 12.2 Å². The van der Waals surface area contributed by atoms with E-state index in [1.54, 1.807) is 24.5 Å². The molecule has 0 aliphatic carbocycles. The first-order chi connectivity index (χ1) is 12.6. The molecule has 0 aliphatic rings. The highest BCUT2D eigenvalue weighted by atomic mass is 32.1. The predicted molar refractivity (Wildman–Crippen MR) is 102 cm³/mol. The van der Waals surface area contributed by atoms with Crippen molar-refractivity contribution in [2.75, 3.05) is 7.05 Å². The van der Waals surface area contributed by atoms with Crippen LogP contribution in [0, 0.1) is 10.6 Å². The molecule has 1 aromatic carbocycles. The van der Waals surface area contributed by atoms with Gasteiger partial charge in [0.2, 0.25) is 0 Å². The molecule has 26 heavy (non-hydrogen) atoms. The Hall–Kier alpha value is -2.38. The summed E-state index contributed by atoms with van der Waals surface area (Å²) >= 11 is 5.65. The maximum Gasteiger partial charge on any atom is 0.199 e. The van der Waals surface area contributed by atoms with Crippen molar-refractivity contribution in [2.45, 2.75) is 33.1 Å². The standard InChI is InChI=1S/C19H22FN5S/c1-3-12-24-18(16-8-10-21-11-9-16)22-25(19(24)26)14-23(2)13-15-4-6-17(20)7-5-15/h4-11H,3,12-14H2,1-2H3. The van der Waals surface area contributed by atoms with Crippen LogP contribution in [0.3, 0.4) is 0 Å². The molecule has 0 unspecified atom stereocenters. The molecule has 2 heterocycles. The number of pyridine rings is 1. The topological polar surface area (TPSA) is 38.9 Å². The van der Waals surface area contributed by atoms with Gasteiger partial charge in [-0.2, -0.15) is 5.10 Å². The van der Waals surface area contributed by atoms with Crippen molar-refractivity contribution in [3.05, 3.63) is 64.9 Å². The molecule has 0 atom stereocenters. The number of rotatable bonds is 7. The fraction of sp³-hybridized carbons (Fsp3) is 0.316. The molecular formula is C19H22FN5S. The van der Waals surface area contributed by atoms with Crippen LogP contribution >= 0.6 is 12.2 Å². The van der Waals surface area contributed by atoms with E-state index < -0.39 is 0 Å². The maximum atomic E-state index is 13.1. The molecule has 0 N–H and O–H groups in total. The number of hydrogen-bond acceptors (Lipinski definition) is 4. The number of hydrogen-bond donors (Lipinski definition) is 0. The second-order valence-electron chi connectivity index (χ2n) is 6.28. The Morgan fingerprint density at radius 2 is 1.81 bits per heavy atom. The minimum Gasteiger partial charge on any atom is -0.300 e. The predicted octanol–water partition coefficient (Wildman–Crippen LogP) is 4.11. The first-order valence-electron chi connectivity index (χ1n) is 8.59. The second-order valence-corrected chi connectivity index (χ2v) is 6.64. The van der Waals surface area contributed by atoms with Gasteiger partial charge in [-0.3, -0.25) is 14.5 Å². The van der Waals surface area contributed by atoms with Gasteiger partial charge in [0.05, 0.1) is 6.67 Å². The first-order valence-corrected chi connectivity index (χ1v) is 9.00.